The van der Waals surface area contributed by atoms with Crippen molar-refractivity contribution in [2.45, 2.75) is 66.0 Å². The maximum atomic E-state index is 4.80. The topological polar surface area (TPSA) is 24.9 Å². The summed E-state index contributed by atoms with van der Waals surface area (Å²) in [5.41, 5.74) is 1.55. The van der Waals surface area contributed by atoms with Gasteiger partial charge in [-0.3, -0.25) is 0 Å². The Bertz CT molecular complexity index is 401. The summed E-state index contributed by atoms with van der Waals surface area (Å²) in [4.78, 5) is 6.35. The molecule has 0 saturated carbocycles. The molecule has 1 aromatic heterocycles. The molecule has 0 saturated heterocycles. The third-order valence-electron chi connectivity index (χ3n) is 3.73. The van der Waals surface area contributed by atoms with Crippen molar-refractivity contribution < 1.29 is 0 Å². The van der Waals surface area contributed by atoms with Gasteiger partial charge in [-0.15, -0.1) is 11.3 Å². The number of aryl methyl sites for hydroxylation is 1. The third-order valence-corrected chi connectivity index (χ3v) is 4.85. The zero-order valence-electron chi connectivity index (χ0n) is 12.3. The first-order valence-electron chi connectivity index (χ1n) is 7.07. The Balaban J connectivity index is 2.01. The van der Waals surface area contributed by atoms with E-state index in [0.717, 1.165) is 18.4 Å². The zero-order valence-corrected chi connectivity index (χ0v) is 13.2. The molecule has 18 heavy (non-hydrogen) atoms. The highest BCUT2D eigenvalue weighted by atomic mass is 32.1. The van der Waals surface area contributed by atoms with Crippen molar-refractivity contribution in [3.8, 4) is 0 Å². The van der Waals surface area contributed by atoms with Crippen molar-refractivity contribution >= 4 is 11.3 Å². The van der Waals surface area contributed by atoms with E-state index in [-0.39, 0.29) is 5.54 Å². The number of aromatic nitrogens is 1. The zero-order chi connectivity index (χ0) is 13.3. The number of hydrogen-bond donors (Lipinski definition) is 1. The highest BCUT2D eigenvalue weighted by molar-refractivity contribution is 7.11. The molecule has 0 fully saturated rings. The van der Waals surface area contributed by atoms with Gasteiger partial charge in [0, 0.05) is 17.0 Å². The van der Waals surface area contributed by atoms with Crippen LogP contribution in [0.15, 0.2) is 0 Å². The van der Waals surface area contributed by atoms with Gasteiger partial charge in [0.25, 0.3) is 0 Å². The van der Waals surface area contributed by atoms with Gasteiger partial charge in [0.2, 0.25) is 0 Å². The van der Waals surface area contributed by atoms with Crippen molar-refractivity contribution in [2.75, 3.05) is 0 Å². The molecule has 1 heterocycles. The van der Waals surface area contributed by atoms with Crippen LogP contribution in [0.25, 0.3) is 0 Å². The second-order valence-corrected chi connectivity index (χ2v) is 8.00. The van der Waals surface area contributed by atoms with E-state index in [4.69, 9.17) is 4.98 Å². The highest BCUT2D eigenvalue weighted by Gasteiger charge is 2.24. The lowest BCUT2D eigenvalue weighted by molar-refractivity contribution is 0.344. The summed E-state index contributed by atoms with van der Waals surface area (Å²) < 4.78 is 0. The average molecular weight is 266 g/mol. The minimum absolute atomic E-state index is 0.173. The van der Waals surface area contributed by atoms with E-state index in [1.54, 1.807) is 4.88 Å². The van der Waals surface area contributed by atoms with Gasteiger partial charge in [-0.05, 0) is 51.9 Å². The molecule has 2 rings (SSSR count). The lowest BCUT2D eigenvalue weighted by Gasteiger charge is -2.24. The molecule has 1 aliphatic rings. The van der Waals surface area contributed by atoms with Crippen molar-refractivity contribution in [3.05, 3.63) is 15.6 Å². The lowest BCUT2D eigenvalue weighted by atomic mass is 9.83. The van der Waals surface area contributed by atoms with E-state index in [2.05, 4.69) is 39.9 Å². The first-order chi connectivity index (χ1) is 8.35. The highest BCUT2D eigenvalue weighted by Crippen LogP contribution is 2.33. The fourth-order valence-electron chi connectivity index (χ4n) is 2.44. The molecule has 0 radical (unpaired) electrons. The van der Waals surface area contributed by atoms with Crippen molar-refractivity contribution in [1.29, 1.82) is 0 Å². The SMILES string of the molecule is CC(C)C1CCc2nc(CNC(C)(C)C)sc2C1. The van der Waals surface area contributed by atoms with E-state index < -0.39 is 0 Å². The largest absolute Gasteiger partial charge is 0.306 e. The molecule has 1 atom stereocenters. The average Bonchev–Trinajstić information content (AvgIpc) is 2.66. The second-order valence-electron chi connectivity index (χ2n) is 6.83. The van der Waals surface area contributed by atoms with Crippen LogP contribution < -0.4 is 5.32 Å². The van der Waals surface area contributed by atoms with Crippen LogP contribution in [0.1, 0.15) is 56.6 Å². The fourth-order valence-corrected chi connectivity index (χ4v) is 3.59. The minimum atomic E-state index is 0.173. The molecule has 0 aromatic carbocycles. The molecule has 0 bridgehead atoms. The number of rotatable bonds is 3. The summed E-state index contributed by atoms with van der Waals surface area (Å²) in [6, 6.07) is 0. The minimum Gasteiger partial charge on any atom is -0.306 e. The second kappa shape index (κ2) is 5.30. The molecule has 0 amide bonds. The van der Waals surface area contributed by atoms with Crippen LogP contribution in [0.2, 0.25) is 0 Å². The standard InChI is InChI=1S/C15H26N2S/c1-10(2)11-6-7-12-13(8-11)18-14(17-12)9-16-15(3,4)5/h10-11,16H,6-9H2,1-5H3. The van der Waals surface area contributed by atoms with E-state index >= 15 is 0 Å². The summed E-state index contributed by atoms with van der Waals surface area (Å²) in [5.74, 6) is 1.66. The third kappa shape index (κ3) is 3.55. The Morgan fingerprint density at radius 3 is 2.72 bits per heavy atom. The molecule has 1 N–H and O–H groups in total. The van der Waals surface area contributed by atoms with Crippen molar-refractivity contribution in [1.82, 2.24) is 10.3 Å². The summed E-state index contributed by atoms with van der Waals surface area (Å²) >= 11 is 1.92. The Morgan fingerprint density at radius 2 is 2.11 bits per heavy atom. The van der Waals surface area contributed by atoms with Crippen LogP contribution >= 0.6 is 11.3 Å². The van der Waals surface area contributed by atoms with Crippen LogP contribution in [-0.4, -0.2) is 10.5 Å². The fraction of sp³-hybridized carbons (Fsp3) is 0.800. The van der Waals surface area contributed by atoms with Crippen LogP contribution in [-0.2, 0) is 19.4 Å². The quantitative estimate of drug-likeness (QED) is 0.900. The van der Waals surface area contributed by atoms with Gasteiger partial charge in [0.1, 0.15) is 5.01 Å². The molecule has 0 aliphatic heterocycles. The van der Waals surface area contributed by atoms with Crippen LogP contribution in [0.3, 0.4) is 0 Å². The van der Waals surface area contributed by atoms with Gasteiger partial charge in [-0.1, -0.05) is 13.8 Å². The Morgan fingerprint density at radius 1 is 1.39 bits per heavy atom. The van der Waals surface area contributed by atoms with E-state index in [1.807, 2.05) is 11.3 Å². The smallest absolute Gasteiger partial charge is 0.107 e. The van der Waals surface area contributed by atoms with Crippen molar-refractivity contribution in [2.24, 2.45) is 11.8 Å². The monoisotopic (exact) mass is 266 g/mol. The molecule has 1 unspecified atom stereocenters. The molecule has 1 aliphatic carbocycles. The number of nitrogens with zero attached hydrogens (tertiary/aromatic N) is 1. The lowest BCUT2D eigenvalue weighted by Crippen LogP contribution is -2.35. The van der Waals surface area contributed by atoms with Gasteiger partial charge in [0.05, 0.1) is 5.69 Å². The molecule has 102 valence electrons. The normalized spacial score (nSPS) is 20.2. The molecular formula is C15H26N2S. The Hall–Kier alpha value is -0.410. The van der Waals surface area contributed by atoms with Gasteiger partial charge < -0.3 is 5.32 Å². The van der Waals surface area contributed by atoms with E-state index in [9.17, 15) is 0 Å². The number of thiazole rings is 1. The van der Waals surface area contributed by atoms with Gasteiger partial charge in [-0.25, -0.2) is 4.98 Å². The van der Waals surface area contributed by atoms with E-state index in [1.165, 1.54) is 30.0 Å². The first-order valence-corrected chi connectivity index (χ1v) is 7.89. The molecule has 3 heteroatoms. The molecular weight excluding hydrogens is 240 g/mol. The predicted molar refractivity (Wildman–Crippen MR) is 79.1 cm³/mol. The number of hydrogen-bond acceptors (Lipinski definition) is 3. The number of nitrogens with one attached hydrogen (secondary N) is 1. The maximum Gasteiger partial charge on any atom is 0.107 e. The summed E-state index contributed by atoms with van der Waals surface area (Å²) in [6.45, 7) is 12.2. The maximum absolute atomic E-state index is 4.80. The van der Waals surface area contributed by atoms with E-state index in [0.29, 0.717) is 0 Å². The molecule has 1 aromatic rings. The van der Waals surface area contributed by atoms with Crippen LogP contribution in [0.4, 0.5) is 0 Å². The van der Waals surface area contributed by atoms with Gasteiger partial charge in [0.15, 0.2) is 0 Å². The van der Waals surface area contributed by atoms with Crippen LogP contribution in [0.5, 0.6) is 0 Å². The summed E-state index contributed by atoms with van der Waals surface area (Å²) in [6.07, 6.45) is 3.75. The van der Waals surface area contributed by atoms with Gasteiger partial charge in [-0.2, -0.15) is 0 Å². The van der Waals surface area contributed by atoms with Gasteiger partial charge >= 0.3 is 0 Å². The summed E-state index contributed by atoms with van der Waals surface area (Å²) in [5, 5.41) is 4.79. The Labute approximate surface area is 115 Å². The molecule has 2 nitrogen and oxygen atoms in total. The first kappa shape index (κ1) is 14.0. The van der Waals surface area contributed by atoms with Crippen LogP contribution in [0, 0.1) is 11.8 Å². The molecule has 0 spiro atoms. The van der Waals surface area contributed by atoms with Crippen molar-refractivity contribution in [3.63, 3.8) is 0 Å². The summed E-state index contributed by atoms with van der Waals surface area (Å²) in [7, 11) is 0. The Kier molecular flexibility index (Phi) is 4.12. The number of fused-ring (bicyclic) bond motifs is 1. The predicted octanol–water partition coefficient (Wildman–Crippen LogP) is 3.79.